The van der Waals surface area contributed by atoms with Crippen LogP contribution >= 0.6 is 0 Å². The monoisotopic (exact) mass is 520 g/mol. The molecule has 0 atom stereocenters. The van der Waals surface area contributed by atoms with Crippen molar-refractivity contribution in [3.05, 3.63) is 96.1 Å². The van der Waals surface area contributed by atoms with Crippen LogP contribution in [0.1, 0.15) is 11.1 Å². The van der Waals surface area contributed by atoms with E-state index < -0.39 is 20.2 Å². The van der Waals surface area contributed by atoms with Gasteiger partial charge in [0.1, 0.15) is 20.8 Å². The molecule has 0 amide bonds. The van der Waals surface area contributed by atoms with Gasteiger partial charge in [0.15, 0.2) is 11.5 Å². The predicted molar refractivity (Wildman–Crippen MR) is 135 cm³/mol. The summed E-state index contributed by atoms with van der Waals surface area (Å²) in [6, 6.07) is 22.0. The molecule has 1 heterocycles. The number of para-hydroxylation sites is 2. The molecule has 0 aliphatic carbocycles. The Labute approximate surface area is 208 Å². The normalized spacial score (nSPS) is 12.1. The smallest absolute Gasteiger partial charge is 0.339 e. The quantitative estimate of drug-likeness (QED) is 0.229. The van der Waals surface area contributed by atoms with Crippen molar-refractivity contribution in [2.75, 3.05) is 0 Å². The summed E-state index contributed by atoms with van der Waals surface area (Å²) in [6.07, 6.45) is 0. The molecule has 36 heavy (non-hydrogen) atoms. The van der Waals surface area contributed by atoms with E-state index in [1.807, 2.05) is 13.8 Å². The van der Waals surface area contributed by atoms with E-state index in [9.17, 15) is 16.8 Å². The molecule has 0 aliphatic heterocycles. The van der Waals surface area contributed by atoms with Crippen LogP contribution in [0.25, 0.3) is 22.1 Å². The van der Waals surface area contributed by atoms with Crippen LogP contribution in [-0.4, -0.2) is 26.8 Å². The number of hydrogen-bond acceptors (Lipinski definition) is 8. The van der Waals surface area contributed by atoms with E-state index >= 15 is 0 Å². The lowest BCUT2D eigenvalue weighted by Gasteiger charge is -2.13. The molecule has 0 unspecified atom stereocenters. The Hall–Kier alpha value is -4.02. The van der Waals surface area contributed by atoms with Gasteiger partial charge in [0.05, 0.1) is 11.0 Å². The van der Waals surface area contributed by atoms with Crippen LogP contribution in [0.5, 0.6) is 11.5 Å². The van der Waals surface area contributed by atoms with E-state index in [4.69, 9.17) is 8.37 Å². The zero-order chi connectivity index (χ0) is 25.5. The van der Waals surface area contributed by atoms with Crippen molar-refractivity contribution in [1.82, 2.24) is 9.97 Å². The molecule has 0 bridgehead atoms. The fourth-order valence-electron chi connectivity index (χ4n) is 3.53. The molecular formula is C26H20N2O6S2. The van der Waals surface area contributed by atoms with Gasteiger partial charge in [-0.15, -0.1) is 0 Å². The maximum absolute atomic E-state index is 12.9. The molecule has 5 aromatic rings. The topological polar surface area (TPSA) is 113 Å². The maximum Gasteiger partial charge on any atom is 0.339 e. The molecule has 0 aliphatic rings. The summed E-state index contributed by atoms with van der Waals surface area (Å²) in [7, 11) is -8.39. The molecule has 10 heteroatoms. The highest BCUT2D eigenvalue weighted by atomic mass is 32.2. The molecule has 8 nitrogen and oxygen atoms in total. The fraction of sp³-hybridized carbons (Fsp3) is 0.0769. The molecule has 5 rings (SSSR count). The van der Waals surface area contributed by atoms with Crippen LogP contribution in [-0.2, 0) is 20.2 Å². The lowest BCUT2D eigenvalue weighted by atomic mass is 10.2. The van der Waals surface area contributed by atoms with E-state index in [0.29, 0.717) is 11.0 Å². The third-order valence-electron chi connectivity index (χ3n) is 5.44. The second-order valence-electron chi connectivity index (χ2n) is 8.17. The van der Waals surface area contributed by atoms with Gasteiger partial charge in [-0.3, -0.25) is 0 Å². The van der Waals surface area contributed by atoms with Crippen LogP contribution in [0.4, 0.5) is 0 Å². The van der Waals surface area contributed by atoms with Crippen LogP contribution in [0.15, 0.2) is 94.7 Å². The Bertz CT molecular complexity index is 1680. The second kappa shape index (κ2) is 8.89. The Kier molecular flexibility index (Phi) is 5.85. The summed E-state index contributed by atoms with van der Waals surface area (Å²) >= 11 is 0. The largest absolute Gasteiger partial charge is 0.377 e. The first-order chi connectivity index (χ1) is 17.1. The van der Waals surface area contributed by atoms with E-state index in [1.165, 1.54) is 36.4 Å². The van der Waals surface area contributed by atoms with Gasteiger partial charge in [-0.2, -0.15) is 16.8 Å². The zero-order valence-electron chi connectivity index (χ0n) is 19.2. The minimum absolute atomic E-state index is 0.0303. The summed E-state index contributed by atoms with van der Waals surface area (Å²) in [4.78, 5) is 8.98. The van der Waals surface area contributed by atoms with Crippen molar-refractivity contribution in [1.29, 1.82) is 0 Å². The number of aromatic nitrogens is 2. The Morgan fingerprint density at radius 1 is 0.528 bits per heavy atom. The predicted octanol–water partition coefficient (Wildman–Crippen LogP) is 4.94. The van der Waals surface area contributed by atoms with Crippen LogP contribution < -0.4 is 8.37 Å². The van der Waals surface area contributed by atoms with E-state index in [0.717, 1.165) is 11.1 Å². The van der Waals surface area contributed by atoms with Crippen molar-refractivity contribution in [2.24, 2.45) is 0 Å². The van der Waals surface area contributed by atoms with Crippen LogP contribution in [0.3, 0.4) is 0 Å². The first-order valence-corrected chi connectivity index (χ1v) is 13.7. The number of hydrogen-bond donors (Lipinski definition) is 0. The van der Waals surface area contributed by atoms with Crippen molar-refractivity contribution in [2.45, 2.75) is 23.6 Å². The third-order valence-corrected chi connectivity index (χ3v) is 7.94. The summed E-state index contributed by atoms with van der Waals surface area (Å²) < 4.78 is 62.7. The zero-order valence-corrected chi connectivity index (χ0v) is 20.9. The second-order valence-corrected chi connectivity index (χ2v) is 11.3. The number of benzene rings is 4. The molecule has 0 spiro atoms. The first kappa shape index (κ1) is 23.7. The average Bonchev–Trinajstić information content (AvgIpc) is 2.85. The van der Waals surface area contributed by atoms with Gasteiger partial charge in [0.25, 0.3) is 0 Å². The number of rotatable bonds is 6. The van der Waals surface area contributed by atoms with Crippen LogP contribution in [0, 0.1) is 13.8 Å². The molecule has 1 aromatic heterocycles. The van der Waals surface area contributed by atoms with Gasteiger partial charge < -0.3 is 8.37 Å². The molecule has 0 saturated carbocycles. The molecule has 4 aromatic carbocycles. The molecule has 182 valence electrons. The standard InChI is InChI=1S/C26H20N2O6S2/c1-17-7-11-19(12-8-17)35(29,30)33-23-15-16-24(34-36(31,32)20-13-9-18(2)10-14-20)26-25(23)27-21-5-3-4-6-22(21)28-26/h3-16H,1-2H3. The number of fused-ring (bicyclic) bond motifs is 2. The molecule has 0 fully saturated rings. The summed E-state index contributed by atoms with van der Waals surface area (Å²) in [5, 5.41) is 0. The number of aryl methyl sites for hydroxylation is 2. The highest BCUT2D eigenvalue weighted by molar-refractivity contribution is 7.87. The van der Waals surface area contributed by atoms with Crippen molar-refractivity contribution >= 4 is 42.3 Å². The first-order valence-electron chi connectivity index (χ1n) is 10.8. The summed E-state index contributed by atoms with van der Waals surface area (Å²) in [6.45, 7) is 3.68. The minimum Gasteiger partial charge on any atom is -0.377 e. The van der Waals surface area contributed by atoms with E-state index in [-0.39, 0.29) is 32.3 Å². The summed E-state index contributed by atoms with van der Waals surface area (Å²) in [5.74, 6) is -0.215. The lowest BCUT2D eigenvalue weighted by Crippen LogP contribution is -2.12. The van der Waals surface area contributed by atoms with Crippen molar-refractivity contribution in [3.63, 3.8) is 0 Å². The highest BCUT2D eigenvalue weighted by Crippen LogP contribution is 2.35. The van der Waals surface area contributed by atoms with Crippen LogP contribution in [0.2, 0.25) is 0 Å². The molecular weight excluding hydrogens is 500 g/mol. The molecule has 0 saturated heterocycles. The number of nitrogens with zero attached hydrogens (tertiary/aromatic N) is 2. The highest BCUT2D eigenvalue weighted by Gasteiger charge is 2.24. The van der Waals surface area contributed by atoms with Gasteiger partial charge in [0.2, 0.25) is 0 Å². The Balaban J connectivity index is 1.64. The van der Waals surface area contributed by atoms with Crippen molar-refractivity contribution < 1.29 is 25.2 Å². The van der Waals surface area contributed by atoms with E-state index in [1.54, 1.807) is 48.5 Å². The Morgan fingerprint density at radius 2 is 0.889 bits per heavy atom. The SMILES string of the molecule is Cc1ccc(S(=O)(=O)Oc2ccc(OS(=O)(=O)c3ccc(C)cc3)c3nc4ccccc4nc23)cc1. The summed E-state index contributed by atoms with van der Waals surface area (Å²) in [5.41, 5.74) is 2.82. The molecule has 0 N–H and O–H groups in total. The maximum atomic E-state index is 12.9. The minimum atomic E-state index is -4.20. The lowest BCUT2D eigenvalue weighted by molar-refractivity contribution is 0.481. The molecule has 0 radical (unpaired) electrons. The van der Waals surface area contributed by atoms with Gasteiger partial charge in [-0.1, -0.05) is 47.5 Å². The average molecular weight is 521 g/mol. The third kappa shape index (κ3) is 4.60. The van der Waals surface area contributed by atoms with Gasteiger partial charge in [-0.25, -0.2) is 9.97 Å². The van der Waals surface area contributed by atoms with Gasteiger partial charge in [0, 0.05) is 0 Å². The van der Waals surface area contributed by atoms with Gasteiger partial charge >= 0.3 is 20.2 Å². The fourth-order valence-corrected chi connectivity index (χ4v) is 5.40. The van der Waals surface area contributed by atoms with Crippen molar-refractivity contribution in [3.8, 4) is 11.5 Å². The van der Waals surface area contributed by atoms with Gasteiger partial charge in [-0.05, 0) is 62.4 Å². The Morgan fingerprint density at radius 3 is 1.25 bits per heavy atom. The van der Waals surface area contributed by atoms with E-state index in [2.05, 4.69) is 9.97 Å².